The summed E-state index contributed by atoms with van der Waals surface area (Å²) in [5.41, 5.74) is 1.49. The Labute approximate surface area is 134 Å². The minimum Gasteiger partial charge on any atom is -0.462 e. The molecule has 1 aliphatic heterocycles. The minimum absolute atomic E-state index is 0.332. The molecule has 2 aromatic rings. The molecule has 1 saturated heterocycles. The maximum Gasteiger partial charge on any atom is 0.340 e. The van der Waals surface area contributed by atoms with Crippen molar-refractivity contribution < 1.29 is 23.7 Å². The van der Waals surface area contributed by atoms with Gasteiger partial charge in [-0.2, -0.15) is 0 Å². The van der Waals surface area contributed by atoms with Crippen LogP contribution in [0.25, 0.3) is 10.9 Å². The number of esters is 1. The van der Waals surface area contributed by atoms with Gasteiger partial charge in [0, 0.05) is 30.6 Å². The lowest BCUT2D eigenvalue weighted by atomic mass is 10.1. The van der Waals surface area contributed by atoms with E-state index in [2.05, 4.69) is 0 Å². The number of aryl methyl sites for hydroxylation is 1. The zero-order chi connectivity index (χ0) is 16.4. The van der Waals surface area contributed by atoms with Gasteiger partial charge in [-0.3, -0.25) is 0 Å². The van der Waals surface area contributed by atoms with E-state index in [9.17, 15) is 4.79 Å². The van der Waals surface area contributed by atoms with Crippen molar-refractivity contribution in [3.63, 3.8) is 0 Å². The smallest absolute Gasteiger partial charge is 0.340 e. The van der Waals surface area contributed by atoms with E-state index in [1.807, 2.05) is 35.9 Å². The highest BCUT2D eigenvalue weighted by Crippen LogP contribution is 2.30. The third-order valence-corrected chi connectivity index (χ3v) is 3.80. The third-order valence-electron chi connectivity index (χ3n) is 3.80. The van der Waals surface area contributed by atoms with Crippen molar-refractivity contribution in [3.8, 4) is 5.75 Å². The largest absolute Gasteiger partial charge is 0.462 e. The molecule has 0 atom stereocenters. The van der Waals surface area contributed by atoms with E-state index in [4.69, 9.17) is 18.9 Å². The fourth-order valence-corrected chi connectivity index (χ4v) is 2.74. The molecular weight excluding hydrogens is 298 g/mol. The van der Waals surface area contributed by atoms with Crippen molar-refractivity contribution in [2.75, 3.05) is 19.8 Å². The fourth-order valence-electron chi connectivity index (χ4n) is 2.74. The normalized spacial score (nSPS) is 16.7. The lowest BCUT2D eigenvalue weighted by molar-refractivity contribution is -0.272. The van der Waals surface area contributed by atoms with Gasteiger partial charge in [-0.05, 0) is 32.0 Å². The number of benzene rings is 1. The molecule has 0 bridgehead atoms. The van der Waals surface area contributed by atoms with Crippen LogP contribution in [0.1, 0.15) is 31.1 Å². The molecule has 1 aliphatic rings. The molecule has 0 saturated carbocycles. The number of aromatic nitrogens is 1. The monoisotopic (exact) mass is 319 g/mol. The molecule has 0 unspecified atom stereocenters. The Balaban J connectivity index is 1.99. The molecule has 6 nitrogen and oxygen atoms in total. The van der Waals surface area contributed by atoms with Gasteiger partial charge in [0.05, 0.1) is 25.4 Å². The van der Waals surface area contributed by atoms with Crippen LogP contribution in [0.15, 0.2) is 24.4 Å². The van der Waals surface area contributed by atoms with Crippen molar-refractivity contribution in [1.29, 1.82) is 0 Å². The van der Waals surface area contributed by atoms with Crippen molar-refractivity contribution in [2.24, 2.45) is 0 Å². The third kappa shape index (κ3) is 3.04. The Morgan fingerprint density at radius 1 is 1.30 bits per heavy atom. The zero-order valence-corrected chi connectivity index (χ0v) is 13.6. The van der Waals surface area contributed by atoms with E-state index in [-0.39, 0.29) is 5.97 Å². The standard InChI is InChI=1S/C17H21NO5/c1-4-18-11-14(16(19)20-5-2)13-10-12(6-7-15(13)18)23-17(3)21-8-9-22-17/h6-7,10-11H,4-5,8-9H2,1-3H3. The molecule has 2 heterocycles. The number of hydrogen-bond donors (Lipinski definition) is 0. The van der Waals surface area contributed by atoms with Crippen LogP contribution in [0.5, 0.6) is 5.75 Å². The van der Waals surface area contributed by atoms with Gasteiger partial charge >= 0.3 is 11.9 Å². The molecule has 6 heteroatoms. The van der Waals surface area contributed by atoms with E-state index in [0.29, 0.717) is 31.1 Å². The van der Waals surface area contributed by atoms with E-state index in [1.54, 1.807) is 13.8 Å². The lowest BCUT2D eigenvalue weighted by Gasteiger charge is -2.23. The van der Waals surface area contributed by atoms with Crippen molar-refractivity contribution in [3.05, 3.63) is 30.0 Å². The van der Waals surface area contributed by atoms with Crippen LogP contribution in [0.3, 0.4) is 0 Å². The molecular formula is C17H21NO5. The number of carbonyl (C=O) groups excluding carboxylic acids is 1. The summed E-state index contributed by atoms with van der Waals surface area (Å²) in [6.45, 7) is 7.65. The van der Waals surface area contributed by atoms with Crippen LogP contribution in [0.2, 0.25) is 0 Å². The first-order valence-corrected chi connectivity index (χ1v) is 7.83. The molecule has 1 fully saturated rings. The second-order valence-corrected chi connectivity index (χ2v) is 5.39. The summed E-state index contributed by atoms with van der Waals surface area (Å²) in [4.78, 5) is 12.2. The lowest BCUT2D eigenvalue weighted by Crippen LogP contribution is -2.33. The predicted octanol–water partition coefficient (Wildman–Crippen LogP) is 2.94. The van der Waals surface area contributed by atoms with Crippen LogP contribution in [0, 0.1) is 0 Å². The SMILES string of the molecule is CCOC(=O)c1cn(CC)c2ccc(OC3(C)OCCO3)cc12. The second kappa shape index (κ2) is 6.22. The first-order valence-electron chi connectivity index (χ1n) is 7.83. The molecule has 1 aromatic heterocycles. The Bertz CT molecular complexity index is 715. The maximum atomic E-state index is 12.2. The summed E-state index contributed by atoms with van der Waals surface area (Å²) in [6, 6.07) is 5.60. The summed E-state index contributed by atoms with van der Waals surface area (Å²) in [7, 11) is 0. The molecule has 0 amide bonds. The van der Waals surface area contributed by atoms with E-state index < -0.39 is 5.97 Å². The molecule has 124 valence electrons. The van der Waals surface area contributed by atoms with Gasteiger partial charge in [-0.1, -0.05) is 0 Å². The van der Waals surface area contributed by atoms with Crippen molar-refractivity contribution in [2.45, 2.75) is 33.3 Å². The van der Waals surface area contributed by atoms with Crippen molar-refractivity contribution in [1.82, 2.24) is 4.57 Å². The summed E-state index contributed by atoms with van der Waals surface area (Å²) in [6.07, 6.45) is 1.82. The summed E-state index contributed by atoms with van der Waals surface area (Å²) >= 11 is 0. The number of fused-ring (bicyclic) bond motifs is 1. The van der Waals surface area contributed by atoms with Gasteiger partial charge in [0.25, 0.3) is 0 Å². The van der Waals surface area contributed by atoms with Crippen molar-refractivity contribution >= 4 is 16.9 Å². The van der Waals surface area contributed by atoms with Gasteiger partial charge in [0.15, 0.2) is 0 Å². The van der Waals surface area contributed by atoms with E-state index in [1.165, 1.54) is 0 Å². The minimum atomic E-state index is -1.08. The average molecular weight is 319 g/mol. The fraction of sp³-hybridized carbons (Fsp3) is 0.471. The number of ether oxygens (including phenoxy) is 4. The Hall–Kier alpha value is -2.05. The average Bonchev–Trinajstić information content (AvgIpc) is 3.11. The van der Waals surface area contributed by atoms with E-state index in [0.717, 1.165) is 17.4 Å². The first kappa shape index (κ1) is 15.8. The number of hydrogen-bond acceptors (Lipinski definition) is 5. The summed E-state index contributed by atoms with van der Waals surface area (Å²) in [5, 5.41) is 0.796. The van der Waals surface area contributed by atoms with Gasteiger partial charge in [0.1, 0.15) is 5.75 Å². The second-order valence-electron chi connectivity index (χ2n) is 5.39. The maximum absolute atomic E-state index is 12.2. The molecule has 1 aromatic carbocycles. The number of carbonyl (C=O) groups is 1. The molecule has 0 aliphatic carbocycles. The van der Waals surface area contributed by atoms with Crippen LogP contribution >= 0.6 is 0 Å². The topological polar surface area (TPSA) is 58.9 Å². The number of rotatable bonds is 5. The molecule has 3 rings (SSSR count). The zero-order valence-electron chi connectivity index (χ0n) is 13.6. The Morgan fingerprint density at radius 2 is 2.04 bits per heavy atom. The van der Waals surface area contributed by atoms with Gasteiger partial charge in [0.2, 0.25) is 0 Å². The first-order chi connectivity index (χ1) is 11.1. The quantitative estimate of drug-likeness (QED) is 0.793. The molecule has 0 spiro atoms. The Morgan fingerprint density at radius 3 is 2.70 bits per heavy atom. The Kier molecular flexibility index (Phi) is 4.28. The highest BCUT2D eigenvalue weighted by atomic mass is 16.9. The highest BCUT2D eigenvalue weighted by molar-refractivity contribution is 6.04. The molecule has 23 heavy (non-hydrogen) atoms. The van der Waals surface area contributed by atoms with Gasteiger partial charge in [-0.15, -0.1) is 0 Å². The van der Waals surface area contributed by atoms with Gasteiger partial charge in [-0.25, -0.2) is 4.79 Å². The van der Waals surface area contributed by atoms with Crippen LogP contribution < -0.4 is 4.74 Å². The van der Waals surface area contributed by atoms with Crippen LogP contribution in [-0.4, -0.2) is 36.3 Å². The predicted molar refractivity (Wildman–Crippen MR) is 84.5 cm³/mol. The van der Waals surface area contributed by atoms with Crippen LogP contribution in [0.4, 0.5) is 0 Å². The van der Waals surface area contributed by atoms with Gasteiger partial charge < -0.3 is 23.5 Å². The number of nitrogens with zero attached hydrogens (tertiary/aromatic N) is 1. The molecule has 0 N–H and O–H groups in total. The van der Waals surface area contributed by atoms with E-state index >= 15 is 0 Å². The summed E-state index contributed by atoms with van der Waals surface area (Å²) in [5.74, 6) is -0.826. The summed E-state index contributed by atoms with van der Waals surface area (Å²) < 4.78 is 23.9. The van der Waals surface area contributed by atoms with Crippen LogP contribution in [-0.2, 0) is 20.8 Å². The highest BCUT2D eigenvalue weighted by Gasteiger charge is 2.33. The molecule has 0 radical (unpaired) electrons.